The van der Waals surface area contributed by atoms with E-state index in [0.29, 0.717) is 33.5 Å². The van der Waals surface area contributed by atoms with E-state index in [1.54, 1.807) is 60.7 Å². The number of rotatable bonds is 5. The SMILES string of the molecule is O=C(Nc1ccc(Cl)cc1)c1cccc(Nc2cc(-c3ccc(F)cc3)ncn2)c1. The number of benzene rings is 3. The zero-order valence-corrected chi connectivity index (χ0v) is 16.4. The van der Waals surface area contributed by atoms with Crippen LogP contribution in [0.2, 0.25) is 5.02 Å². The first kappa shape index (κ1) is 19.5. The van der Waals surface area contributed by atoms with Crippen LogP contribution < -0.4 is 10.6 Å². The fraction of sp³-hybridized carbons (Fsp3) is 0. The molecule has 0 aliphatic heterocycles. The minimum Gasteiger partial charge on any atom is -0.340 e. The number of anilines is 3. The highest BCUT2D eigenvalue weighted by atomic mass is 35.5. The molecular formula is C23H16ClFN4O. The normalized spacial score (nSPS) is 10.5. The lowest BCUT2D eigenvalue weighted by atomic mass is 10.1. The molecule has 3 aromatic carbocycles. The van der Waals surface area contributed by atoms with E-state index in [1.165, 1.54) is 18.5 Å². The third kappa shape index (κ3) is 4.79. The van der Waals surface area contributed by atoms with Crippen LogP contribution in [0.15, 0.2) is 85.2 Å². The third-order valence-electron chi connectivity index (χ3n) is 4.31. The number of aromatic nitrogens is 2. The van der Waals surface area contributed by atoms with Crippen molar-refractivity contribution in [2.24, 2.45) is 0 Å². The summed E-state index contributed by atoms with van der Waals surface area (Å²) < 4.78 is 13.1. The molecule has 4 rings (SSSR count). The lowest BCUT2D eigenvalue weighted by molar-refractivity contribution is 0.102. The third-order valence-corrected chi connectivity index (χ3v) is 4.56. The van der Waals surface area contributed by atoms with Crippen LogP contribution in [-0.2, 0) is 0 Å². The Morgan fingerprint density at radius 2 is 1.63 bits per heavy atom. The summed E-state index contributed by atoms with van der Waals surface area (Å²) in [5, 5.41) is 6.60. The summed E-state index contributed by atoms with van der Waals surface area (Å²) in [5.41, 5.74) is 3.27. The number of halogens is 2. The fourth-order valence-electron chi connectivity index (χ4n) is 2.83. The van der Waals surface area contributed by atoms with Crippen molar-refractivity contribution >= 4 is 34.7 Å². The molecule has 1 amide bonds. The van der Waals surface area contributed by atoms with Gasteiger partial charge in [-0.15, -0.1) is 0 Å². The van der Waals surface area contributed by atoms with Crippen molar-refractivity contribution in [2.75, 3.05) is 10.6 Å². The van der Waals surface area contributed by atoms with E-state index in [9.17, 15) is 9.18 Å². The van der Waals surface area contributed by atoms with Gasteiger partial charge < -0.3 is 10.6 Å². The topological polar surface area (TPSA) is 66.9 Å². The van der Waals surface area contributed by atoms with Crippen LogP contribution in [0.3, 0.4) is 0 Å². The van der Waals surface area contributed by atoms with E-state index in [1.807, 2.05) is 6.07 Å². The molecule has 1 heterocycles. The molecule has 148 valence electrons. The Hall–Kier alpha value is -3.77. The number of amides is 1. The Balaban J connectivity index is 1.50. The second kappa shape index (κ2) is 8.71. The molecule has 0 spiro atoms. The zero-order chi connectivity index (χ0) is 20.9. The zero-order valence-electron chi connectivity index (χ0n) is 15.6. The molecule has 0 aliphatic rings. The van der Waals surface area contributed by atoms with Gasteiger partial charge in [-0.25, -0.2) is 14.4 Å². The van der Waals surface area contributed by atoms with Gasteiger partial charge in [0.25, 0.3) is 5.91 Å². The largest absolute Gasteiger partial charge is 0.340 e. The van der Waals surface area contributed by atoms with Crippen molar-refractivity contribution in [1.82, 2.24) is 9.97 Å². The highest BCUT2D eigenvalue weighted by molar-refractivity contribution is 6.30. The molecule has 0 aliphatic carbocycles. The number of carbonyl (C=O) groups is 1. The van der Waals surface area contributed by atoms with Crippen molar-refractivity contribution in [3.05, 3.63) is 102 Å². The van der Waals surface area contributed by atoms with Gasteiger partial charge in [0.05, 0.1) is 5.69 Å². The van der Waals surface area contributed by atoms with Crippen LogP contribution in [-0.4, -0.2) is 15.9 Å². The molecular weight excluding hydrogens is 403 g/mol. The summed E-state index contributed by atoms with van der Waals surface area (Å²) in [4.78, 5) is 21.0. The first-order valence-electron chi connectivity index (χ1n) is 9.09. The van der Waals surface area contributed by atoms with Gasteiger partial charge in [-0.3, -0.25) is 4.79 Å². The maximum absolute atomic E-state index is 13.1. The average molecular weight is 419 g/mol. The standard InChI is InChI=1S/C23H16ClFN4O/c24-17-6-10-19(11-7-17)29-23(30)16-2-1-3-20(12-16)28-22-13-21(26-14-27-22)15-4-8-18(25)9-5-15/h1-14H,(H,29,30)(H,26,27,28). The summed E-state index contributed by atoms with van der Waals surface area (Å²) in [6.07, 6.45) is 1.43. The van der Waals surface area contributed by atoms with Gasteiger partial charge in [0.15, 0.2) is 0 Å². The van der Waals surface area contributed by atoms with Gasteiger partial charge in [-0.1, -0.05) is 17.7 Å². The second-order valence-corrected chi connectivity index (χ2v) is 6.90. The number of nitrogens with zero attached hydrogens (tertiary/aromatic N) is 2. The first-order valence-corrected chi connectivity index (χ1v) is 9.47. The Bertz CT molecular complexity index is 1180. The van der Waals surface area contributed by atoms with Gasteiger partial charge in [-0.2, -0.15) is 0 Å². The van der Waals surface area contributed by atoms with E-state index in [4.69, 9.17) is 11.6 Å². The van der Waals surface area contributed by atoms with Crippen LogP contribution in [0, 0.1) is 5.82 Å². The number of nitrogens with one attached hydrogen (secondary N) is 2. The predicted molar refractivity (Wildman–Crippen MR) is 117 cm³/mol. The summed E-state index contributed by atoms with van der Waals surface area (Å²) in [6.45, 7) is 0. The lowest BCUT2D eigenvalue weighted by Crippen LogP contribution is -2.12. The van der Waals surface area contributed by atoms with Crippen LogP contribution in [0.1, 0.15) is 10.4 Å². The second-order valence-electron chi connectivity index (χ2n) is 6.46. The fourth-order valence-corrected chi connectivity index (χ4v) is 2.95. The molecule has 2 N–H and O–H groups in total. The molecule has 0 radical (unpaired) electrons. The lowest BCUT2D eigenvalue weighted by Gasteiger charge is -2.10. The molecule has 30 heavy (non-hydrogen) atoms. The summed E-state index contributed by atoms with van der Waals surface area (Å²) >= 11 is 5.87. The molecule has 0 saturated heterocycles. The van der Waals surface area contributed by atoms with Crippen molar-refractivity contribution < 1.29 is 9.18 Å². The van der Waals surface area contributed by atoms with Gasteiger partial charge in [0, 0.05) is 33.6 Å². The minimum absolute atomic E-state index is 0.240. The molecule has 1 aromatic heterocycles. The quantitative estimate of drug-likeness (QED) is 0.421. The number of hydrogen-bond donors (Lipinski definition) is 2. The average Bonchev–Trinajstić information content (AvgIpc) is 2.76. The van der Waals surface area contributed by atoms with Crippen LogP contribution in [0.25, 0.3) is 11.3 Å². The van der Waals surface area contributed by atoms with Crippen molar-refractivity contribution in [3.63, 3.8) is 0 Å². The monoisotopic (exact) mass is 418 g/mol. The molecule has 0 atom stereocenters. The van der Waals surface area contributed by atoms with Gasteiger partial charge >= 0.3 is 0 Å². The van der Waals surface area contributed by atoms with Gasteiger partial charge in [-0.05, 0) is 66.7 Å². The highest BCUT2D eigenvalue weighted by Gasteiger charge is 2.08. The number of hydrogen-bond acceptors (Lipinski definition) is 4. The van der Waals surface area contributed by atoms with E-state index >= 15 is 0 Å². The summed E-state index contributed by atoms with van der Waals surface area (Å²) in [6, 6.07) is 21.8. The number of carbonyl (C=O) groups excluding carboxylic acids is 1. The van der Waals surface area contributed by atoms with Crippen molar-refractivity contribution in [1.29, 1.82) is 0 Å². The van der Waals surface area contributed by atoms with Crippen molar-refractivity contribution in [2.45, 2.75) is 0 Å². The van der Waals surface area contributed by atoms with E-state index < -0.39 is 0 Å². The Morgan fingerprint density at radius 3 is 2.40 bits per heavy atom. The molecule has 0 unspecified atom stereocenters. The predicted octanol–water partition coefficient (Wildman–Crippen LogP) is 5.93. The van der Waals surface area contributed by atoms with Crippen LogP contribution >= 0.6 is 11.6 Å². The molecule has 0 bridgehead atoms. The highest BCUT2D eigenvalue weighted by Crippen LogP contribution is 2.22. The maximum atomic E-state index is 13.1. The van der Waals surface area contributed by atoms with E-state index in [2.05, 4.69) is 20.6 Å². The molecule has 4 aromatic rings. The Morgan fingerprint density at radius 1 is 0.867 bits per heavy atom. The minimum atomic E-state index is -0.306. The molecule has 5 nitrogen and oxygen atoms in total. The van der Waals surface area contributed by atoms with E-state index in [0.717, 1.165) is 5.56 Å². The maximum Gasteiger partial charge on any atom is 0.255 e. The smallest absolute Gasteiger partial charge is 0.255 e. The van der Waals surface area contributed by atoms with Crippen LogP contribution in [0.4, 0.5) is 21.6 Å². The summed E-state index contributed by atoms with van der Waals surface area (Å²) in [5.74, 6) is 0.00934. The van der Waals surface area contributed by atoms with Crippen LogP contribution in [0.5, 0.6) is 0 Å². The molecule has 7 heteroatoms. The van der Waals surface area contributed by atoms with Crippen molar-refractivity contribution in [3.8, 4) is 11.3 Å². The molecule has 0 saturated carbocycles. The Labute approximate surface area is 177 Å². The first-order chi connectivity index (χ1) is 14.6. The van der Waals surface area contributed by atoms with E-state index in [-0.39, 0.29) is 11.7 Å². The van der Waals surface area contributed by atoms with Gasteiger partial charge in [0.2, 0.25) is 0 Å². The molecule has 0 fully saturated rings. The summed E-state index contributed by atoms with van der Waals surface area (Å²) in [7, 11) is 0. The van der Waals surface area contributed by atoms with Gasteiger partial charge in [0.1, 0.15) is 18.0 Å². The Kier molecular flexibility index (Phi) is 5.68.